The van der Waals surface area contributed by atoms with Crippen molar-refractivity contribution in [3.63, 3.8) is 0 Å². The highest BCUT2D eigenvalue weighted by atomic mass is 16.5. The van der Waals surface area contributed by atoms with E-state index in [1.807, 2.05) is 11.0 Å². The molecule has 2 aliphatic rings. The minimum atomic E-state index is -0.156. The molecular formula is C16H18N2O2. The molecule has 0 radical (unpaired) electrons. The van der Waals surface area contributed by atoms with Gasteiger partial charge >= 0.3 is 0 Å². The SMILES string of the molecule is COc1ccc2[nH]c3c(c2c1)CCN1C(=O)CC[C@]31C. The molecule has 1 fully saturated rings. The average Bonchev–Trinajstić information content (AvgIpc) is 2.97. The maximum atomic E-state index is 12.0. The summed E-state index contributed by atoms with van der Waals surface area (Å²) < 4.78 is 5.33. The molecule has 1 N–H and O–H groups in total. The molecule has 4 rings (SSSR count). The fourth-order valence-electron chi connectivity index (χ4n) is 3.82. The number of H-pyrrole nitrogens is 1. The lowest BCUT2D eigenvalue weighted by Gasteiger charge is -2.39. The number of rotatable bonds is 1. The highest BCUT2D eigenvalue weighted by molar-refractivity contribution is 5.88. The first-order valence-electron chi connectivity index (χ1n) is 7.13. The molecule has 104 valence electrons. The zero-order chi connectivity index (χ0) is 13.9. The molecule has 20 heavy (non-hydrogen) atoms. The van der Waals surface area contributed by atoms with E-state index in [1.165, 1.54) is 16.6 Å². The van der Waals surface area contributed by atoms with Gasteiger partial charge in [0.2, 0.25) is 5.91 Å². The number of hydrogen-bond acceptors (Lipinski definition) is 2. The molecule has 0 bridgehead atoms. The number of aromatic nitrogens is 1. The summed E-state index contributed by atoms with van der Waals surface area (Å²) in [5, 5.41) is 1.24. The number of carbonyl (C=O) groups is 1. The van der Waals surface area contributed by atoms with E-state index in [9.17, 15) is 4.79 Å². The van der Waals surface area contributed by atoms with Crippen LogP contribution in [0.5, 0.6) is 5.75 Å². The summed E-state index contributed by atoms with van der Waals surface area (Å²) in [6, 6.07) is 6.14. The zero-order valence-corrected chi connectivity index (χ0v) is 11.8. The second kappa shape index (κ2) is 3.78. The van der Waals surface area contributed by atoms with Crippen molar-refractivity contribution in [1.82, 2.24) is 9.88 Å². The molecular weight excluding hydrogens is 252 g/mol. The van der Waals surface area contributed by atoms with E-state index in [0.717, 1.165) is 30.7 Å². The topological polar surface area (TPSA) is 45.3 Å². The van der Waals surface area contributed by atoms with Crippen LogP contribution in [0.2, 0.25) is 0 Å². The maximum Gasteiger partial charge on any atom is 0.223 e. The molecule has 4 nitrogen and oxygen atoms in total. The van der Waals surface area contributed by atoms with Crippen LogP contribution in [0.4, 0.5) is 0 Å². The van der Waals surface area contributed by atoms with Crippen molar-refractivity contribution in [1.29, 1.82) is 0 Å². The average molecular weight is 270 g/mol. The zero-order valence-electron chi connectivity index (χ0n) is 11.8. The van der Waals surface area contributed by atoms with Crippen molar-refractivity contribution >= 4 is 16.8 Å². The third-order valence-electron chi connectivity index (χ3n) is 4.96. The number of amides is 1. The number of carbonyl (C=O) groups excluding carboxylic acids is 1. The van der Waals surface area contributed by atoms with E-state index >= 15 is 0 Å². The molecule has 0 saturated carbocycles. The van der Waals surface area contributed by atoms with Gasteiger partial charge in [0.25, 0.3) is 0 Å². The summed E-state index contributed by atoms with van der Waals surface area (Å²) >= 11 is 0. The van der Waals surface area contributed by atoms with Gasteiger partial charge < -0.3 is 14.6 Å². The monoisotopic (exact) mass is 270 g/mol. The second-order valence-corrected chi connectivity index (χ2v) is 5.96. The van der Waals surface area contributed by atoms with Gasteiger partial charge in [0.1, 0.15) is 5.75 Å². The van der Waals surface area contributed by atoms with E-state index in [1.54, 1.807) is 7.11 Å². The van der Waals surface area contributed by atoms with E-state index in [2.05, 4.69) is 24.0 Å². The van der Waals surface area contributed by atoms with Gasteiger partial charge in [-0.3, -0.25) is 4.79 Å². The number of nitrogens with one attached hydrogen (secondary N) is 1. The second-order valence-electron chi connectivity index (χ2n) is 5.96. The first-order valence-corrected chi connectivity index (χ1v) is 7.13. The standard InChI is InChI=1S/C16H18N2O2/c1-16-7-5-14(19)18(16)8-6-11-12-9-10(20-2)3-4-13(12)17-15(11)16/h3-4,9,17H,5-8H2,1-2H3/t16-/m1/s1. The van der Waals surface area contributed by atoms with E-state index in [-0.39, 0.29) is 11.4 Å². The van der Waals surface area contributed by atoms with Crippen LogP contribution in [0.1, 0.15) is 31.0 Å². The van der Waals surface area contributed by atoms with Gasteiger partial charge in [-0.25, -0.2) is 0 Å². The van der Waals surface area contributed by atoms with Gasteiger partial charge in [-0.05, 0) is 43.5 Å². The normalized spacial score (nSPS) is 24.9. The summed E-state index contributed by atoms with van der Waals surface area (Å²) in [4.78, 5) is 17.6. The Labute approximate surface area is 117 Å². The lowest BCUT2D eigenvalue weighted by Crippen LogP contribution is -2.46. The van der Waals surface area contributed by atoms with Crippen molar-refractivity contribution in [3.05, 3.63) is 29.5 Å². The third kappa shape index (κ3) is 1.34. The van der Waals surface area contributed by atoms with Crippen molar-refractivity contribution in [2.75, 3.05) is 13.7 Å². The highest BCUT2D eigenvalue weighted by Gasteiger charge is 2.47. The van der Waals surface area contributed by atoms with Gasteiger partial charge in [-0.1, -0.05) is 0 Å². The Morgan fingerprint density at radius 2 is 2.20 bits per heavy atom. The number of methoxy groups -OCH3 is 1. The Bertz CT molecular complexity index is 719. The first-order chi connectivity index (χ1) is 9.63. The summed E-state index contributed by atoms with van der Waals surface area (Å²) in [5.41, 5.74) is 3.56. The van der Waals surface area contributed by atoms with Crippen LogP contribution in [-0.2, 0) is 16.8 Å². The summed E-state index contributed by atoms with van der Waals surface area (Å²) in [6.45, 7) is 3.01. The molecule has 1 saturated heterocycles. The smallest absolute Gasteiger partial charge is 0.223 e. The number of aromatic amines is 1. The van der Waals surface area contributed by atoms with Crippen LogP contribution in [0.3, 0.4) is 0 Å². The Morgan fingerprint density at radius 3 is 3.00 bits per heavy atom. The van der Waals surface area contributed by atoms with Crippen molar-refractivity contribution < 1.29 is 9.53 Å². The van der Waals surface area contributed by atoms with Gasteiger partial charge in [-0.15, -0.1) is 0 Å². The molecule has 2 aromatic rings. The predicted molar refractivity (Wildman–Crippen MR) is 76.9 cm³/mol. The molecule has 2 aliphatic heterocycles. The number of hydrogen-bond donors (Lipinski definition) is 1. The highest BCUT2D eigenvalue weighted by Crippen LogP contribution is 2.45. The minimum Gasteiger partial charge on any atom is -0.497 e. The number of ether oxygens (including phenoxy) is 1. The molecule has 0 spiro atoms. The quantitative estimate of drug-likeness (QED) is 0.865. The van der Waals surface area contributed by atoms with Crippen LogP contribution in [0.25, 0.3) is 10.9 Å². The molecule has 1 aromatic carbocycles. The Morgan fingerprint density at radius 1 is 1.35 bits per heavy atom. The number of fused-ring (bicyclic) bond motifs is 5. The first kappa shape index (κ1) is 11.8. The van der Waals surface area contributed by atoms with Gasteiger partial charge in [0, 0.05) is 29.6 Å². The third-order valence-corrected chi connectivity index (χ3v) is 4.96. The number of nitrogens with zero attached hydrogens (tertiary/aromatic N) is 1. The van der Waals surface area contributed by atoms with Gasteiger partial charge in [0.05, 0.1) is 12.6 Å². The van der Waals surface area contributed by atoms with Crippen molar-refractivity contribution in [2.24, 2.45) is 0 Å². The van der Waals surface area contributed by atoms with Crippen molar-refractivity contribution in [2.45, 2.75) is 31.7 Å². The van der Waals surface area contributed by atoms with E-state index in [4.69, 9.17) is 4.74 Å². The minimum absolute atomic E-state index is 0.156. The van der Waals surface area contributed by atoms with Crippen LogP contribution in [-0.4, -0.2) is 29.4 Å². The summed E-state index contributed by atoms with van der Waals surface area (Å²) in [6.07, 6.45) is 2.49. The van der Waals surface area contributed by atoms with E-state index < -0.39 is 0 Å². The Kier molecular flexibility index (Phi) is 2.23. The molecule has 1 atom stereocenters. The van der Waals surface area contributed by atoms with Gasteiger partial charge in [0.15, 0.2) is 0 Å². The molecule has 1 amide bonds. The Hall–Kier alpha value is -1.97. The van der Waals surface area contributed by atoms with Crippen LogP contribution in [0.15, 0.2) is 18.2 Å². The fraction of sp³-hybridized carbons (Fsp3) is 0.438. The largest absolute Gasteiger partial charge is 0.497 e. The fourth-order valence-corrected chi connectivity index (χ4v) is 3.82. The van der Waals surface area contributed by atoms with Crippen molar-refractivity contribution in [3.8, 4) is 5.75 Å². The summed E-state index contributed by atoms with van der Waals surface area (Å²) in [5.74, 6) is 1.17. The summed E-state index contributed by atoms with van der Waals surface area (Å²) in [7, 11) is 1.69. The number of benzene rings is 1. The molecule has 3 heterocycles. The molecule has 4 heteroatoms. The molecule has 1 aromatic heterocycles. The predicted octanol–water partition coefficient (Wildman–Crippen LogP) is 2.57. The van der Waals surface area contributed by atoms with Crippen LogP contribution in [0, 0.1) is 0 Å². The lowest BCUT2D eigenvalue weighted by molar-refractivity contribution is -0.131. The van der Waals surface area contributed by atoms with Gasteiger partial charge in [-0.2, -0.15) is 0 Å². The molecule has 0 unspecified atom stereocenters. The van der Waals surface area contributed by atoms with E-state index in [0.29, 0.717) is 6.42 Å². The molecule has 0 aliphatic carbocycles. The van der Waals surface area contributed by atoms with Crippen LogP contribution < -0.4 is 4.74 Å². The lowest BCUT2D eigenvalue weighted by atomic mass is 9.86. The Balaban J connectivity index is 1.95. The maximum absolute atomic E-state index is 12.0. The van der Waals surface area contributed by atoms with Crippen LogP contribution >= 0.6 is 0 Å².